The van der Waals surface area contributed by atoms with Crippen molar-refractivity contribution in [3.63, 3.8) is 0 Å². The maximum Gasteiger partial charge on any atom is 0.273 e. The molecule has 0 aliphatic carbocycles. The van der Waals surface area contributed by atoms with E-state index in [4.69, 9.17) is 15.2 Å². The molecule has 0 saturated carbocycles. The summed E-state index contributed by atoms with van der Waals surface area (Å²) >= 11 is 0. The predicted molar refractivity (Wildman–Crippen MR) is 81.7 cm³/mol. The van der Waals surface area contributed by atoms with E-state index in [0.717, 1.165) is 0 Å². The van der Waals surface area contributed by atoms with Crippen LogP contribution in [-0.4, -0.2) is 29.6 Å². The lowest BCUT2D eigenvalue weighted by atomic mass is 10.2. The summed E-state index contributed by atoms with van der Waals surface area (Å²) in [4.78, 5) is 20.0. The Bertz CT molecular complexity index is 663. The molecule has 0 unspecified atom stereocenters. The van der Waals surface area contributed by atoms with Crippen LogP contribution in [0.25, 0.3) is 0 Å². The molecule has 1 aromatic heterocycles. The largest absolute Gasteiger partial charge is 0.496 e. The molecular weight excluding hydrogens is 286 g/mol. The Morgan fingerprint density at radius 3 is 2.82 bits per heavy atom. The number of benzene rings is 1. The third kappa shape index (κ3) is 3.35. The average Bonchev–Trinajstić information content (AvgIpc) is 2.55. The Labute approximate surface area is 127 Å². The Balaban J connectivity index is 2.10. The van der Waals surface area contributed by atoms with Crippen molar-refractivity contribution in [3.8, 4) is 11.6 Å². The first-order valence-corrected chi connectivity index (χ1v) is 6.60. The number of ether oxygens (including phenoxy) is 2. The van der Waals surface area contributed by atoms with Gasteiger partial charge in [0, 0.05) is 0 Å². The first kappa shape index (κ1) is 15.4. The quantitative estimate of drug-likeness (QED) is 0.688. The predicted octanol–water partition coefficient (Wildman–Crippen LogP) is 1.22. The van der Waals surface area contributed by atoms with Crippen LogP contribution >= 0.6 is 0 Å². The maximum absolute atomic E-state index is 12.2. The molecule has 0 saturated heterocycles. The number of carbonyl (C=O) groups excluding carboxylic acids is 1. The molecule has 2 aromatic rings. The zero-order valence-corrected chi connectivity index (χ0v) is 12.3. The lowest BCUT2D eigenvalue weighted by molar-refractivity contribution is 0.0959. The number of nitrogen functional groups attached to an aromatic ring is 1. The zero-order valence-electron chi connectivity index (χ0n) is 12.3. The molecule has 0 fully saturated rings. The number of anilines is 2. The van der Waals surface area contributed by atoms with E-state index < -0.39 is 0 Å². The first-order chi connectivity index (χ1) is 10.7. The van der Waals surface area contributed by atoms with E-state index in [2.05, 4.69) is 20.8 Å². The van der Waals surface area contributed by atoms with Crippen LogP contribution in [0.3, 0.4) is 0 Å². The van der Waals surface area contributed by atoms with Gasteiger partial charge in [0.25, 0.3) is 5.91 Å². The minimum absolute atomic E-state index is 0.213. The van der Waals surface area contributed by atoms with Gasteiger partial charge >= 0.3 is 0 Å². The van der Waals surface area contributed by atoms with Crippen molar-refractivity contribution in [2.45, 2.75) is 6.92 Å². The van der Waals surface area contributed by atoms with Gasteiger partial charge in [-0.3, -0.25) is 15.6 Å². The molecule has 1 heterocycles. The highest BCUT2D eigenvalue weighted by Crippen LogP contribution is 2.24. The molecular formula is C14H17N5O3. The lowest BCUT2D eigenvalue weighted by Crippen LogP contribution is -2.30. The summed E-state index contributed by atoms with van der Waals surface area (Å²) in [5.74, 6) is 0.592. The van der Waals surface area contributed by atoms with Gasteiger partial charge in [-0.25, -0.2) is 4.98 Å². The first-order valence-electron chi connectivity index (χ1n) is 6.60. The van der Waals surface area contributed by atoms with Crippen LogP contribution in [0, 0.1) is 0 Å². The van der Waals surface area contributed by atoms with Gasteiger partial charge in [-0.1, -0.05) is 12.1 Å². The van der Waals surface area contributed by atoms with Gasteiger partial charge in [0.05, 0.1) is 19.3 Å². The second kappa shape index (κ2) is 7.11. The summed E-state index contributed by atoms with van der Waals surface area (Å²) < 4.78 is 10.4. The van der Waals surface area contributed by atoms with Crippen molar-refractivity contribution >= 4 is 17.4 Å². The molecule has 1 amide bonds. The number of hydrogen-bond acceptors (Lipinski definition) is 7. The Hall–Kier alpha value is -3.03. The molecule has 1 aromatic carbocycles. The smallest absolute Gasteiger partial charge is 0.273 e. The van der Waals surface area contributed by atoms with E-state index >= 15 is 0 Å². The third-order valence-corrected chi connectivity index (χ3v) is 2.77. The molecule has 0 bridgehead atoms. The Morgan fingerprint density at radius 2 is 2.09 bits per heavy atom. The summed E-state index contributed by atoms with van der Waals surface area (Å²) in [6.45, 7) is 2.24. The number of hydrogen-bond donors (Lipinski definition) is 3. The number of hydrazine groups is 1. The van der Waals surface area contributed by atoms with Crippen LogP contribution in [0.2, 0.25) is 0 Å². The van der Waals surface area contributed by atoms with Crippen LogP contribution in [0.15, 0.2) is 30.6 Å². The van der Waals surface area contributed by atoms with E-state index in [1.165, 1.54) is 13.4 Å². The summed E-state index contributed by atoms with van der Waals surface area (Å²) in [5.41, 5.74) is 11.6. The number of rotatable bonds is 6. The highest BCUT2D eigenvalue weighted by Gasteiger charge is 2.13. The number of aromatic nitrogens is 2. The number of carbonyl (C=O) groups is 1. The second-order valence-electron chi connectivity index (χ2n) is 4.15. The van der Waals surface area contributed by atoms with Crippen molar-refractivity contribution in [3.05, 3.63) is 36.2 Å². The Kier molecular flexibility index (Phi) is 4.97. The van der Waals surface area contributed by atoms with E-state index in [-0.39, 0.29) is 23.3 Å². The van der Waals surface area contributed by atoms with Crippen molar-refractivity contribution in [2.24, 2.45) is 0 Å². The summed E-state index contributed by atoms with van der Waals surface area (Å²) in [6.07, 6.45) is 1.29. The van der Waals surface area contributed by atoms with Gasteiger partial charge in [-0.2, -0.15) is 4.98 Å². The van der Waals surface area contributed by atoms with Crippen molar-refractivity contribution in [1.29, 1.82) is 0 Å². The third-order valence-electron chi connectivity index (χ3n) is 2.77. The molecule has 0 radical (unpaired) electrons. The molecule has 0 spiro atoms. The average molecular weight is 303 g/mol. The van der Waals surface area contributed by atoms with Crippen LogP contribution in [-0.2, 0) is 0 Å². The van der Waals surface area contributed by atoms with Gasteiger partial charge in [0.2, 0.25) is 5.88 Å². The zero-order chi connectivity index (χ0) is 15.9. The summed E-state index contributed by atoms with van der Waals surface area (Å²) in [6, 6.07) is 6.86. The molecule has 8 heteroatoms. The molecule has 8 nitrogen and oxygen atoms in total. The van der Waals surface area contributed by atoms with Crippen LogP contribution in [0.1, 0.15) is 17.3 Å². The number of para-hydroxylation sites is 1. The SMILES string of the molecule is CCOc1ncnc(NNC(=O)c2ccccc2OC)c1N. The topological polar surface area (TPSA) is 111 Å². The molecule has 116 valence electrons. The molecule has 0 aliphatic rings. The van der Waals surface area contributed by atoms with Crippen molar-refractivity contribution in [1.82, 2.24) is 15.4 Å². The lowest BCUT2D eigenvalue weighted by Gasteiger charge is -2.13. The standard InChI is InChI=1S/C14H17N5O3/c1-3-22-14-11(15)12(16-8-17-14)18-19-13(20)9-6-4-5-7-10(9)21-2/h4-8H,3,15H2,1-2H3,(H,19,20)(H,16,17,18). The molecule has 0 atom stereocenters. The highest BCUT2D eigenvalue weighted by atomic mass is 16.5. The summed E-state index contributed by atoms with van der Waals surface area (Å²) in [7, 11) is 1.50. The van der Waals surface area contributed by atoms with Gasteiger partial charge in [-0.05, 0) is 19.1 Å². The van der Waals surface area contributed by atoms with E-state index in [1.54, 1.807) is 24.3 Å². The fourth-order valence-corrected chi connectivity index (χ4v) is 1.75. The minimum atomic E-state index is -0.381. The van der Waals surface area contributed by atoms with Crippen LogP contribution < -0.4 is 26.1 Å². The molecule has 22 heavy (non-hydrogen) atoms. The monoisotopic (exact) mass is 303 g/mol. The highest BCUT2D eigenvalue weighted by molar-refractivity contribution is 5.97. The van der Waals surface area contributed by atoms with Crippen LogP contribution in [0.5, 0.6) is 11.6 Å². The van der Waals surface area contributed by atoms with Crippen molar-refractivity contribution in [2.75, 3.05) is 24.9 Å². The van der Waals surface area contributed by atoms with E-state index in [9.17, 15) is 4.79 Å². The number of nitrogens with two attached hydrogens (primary N) is 1. The summed E-state index contributed by atoms with van der Waals surface area (Å²) in [5, 5.41) is 0. The molecule has 4 N–H and O–H groups in total. The normalized spacial score (nSPS) is 9.91. The molecule has 2 rings (SSSR count). The van der Waals surface area contributed by atoms with Gasteiger partial charge < -0.3 is 15.2 Å². The number of amides is 1. The van der Waals surface area contributed by atoms with Gasteiger partial charge in [0.15, 0.2) is 5.82 Å². The second-order valence-corrected chi connectivity index (χ2v) is 4.15. The van der Waals surface area contributed by atoms with Crippen molar-refractivity contribution < 1.29 is 14.3 Å². The maximum atomic E-state index is 12.2. The fraction of sp³-hybridized carbons (Fsp3) is 0.214. The van der Waals surface area contributed by atoms with E-state index in [1.807, 2.05) is 6.92 Å². The fourth-order valence-electron chi connectivity index (χ4n) is 1.75. The minimum Gasteiger partial charge on any atom is -0.496 e. The number of methoxy groups -OCH3 is 1. The molecule has 0 aliphatic heterocycles. The number of nitrogens with zero attached hydrogens (tertiary/aromatic N) is 2. The van der Waals surface area contributed by atoms with Gasteiger partial charge in [0.1, 0.15) is 17.8 Å². The Morgan fingerprint density at radius 1 is 1.32 bits per heavy atom. The van der Waals surface area contributed by atoms with E-state index in [0.29, 0.717) is 17.9 Å². The number of nitrogens with one attached hydrogen (secondary N) is 2. The van der Waals surface area contributed by atoms with Crippen LogP contribution in [0.4, 0.5) is 11.5 Å². The van der Waals surface area contributed by atoms with Gasteiger partial charge in [-0.15, -0.1) is 0 Å².